The molecule has 1 aromatic heterocycles. The molecule has 1 unspecified atom stereocenters. The number of hydrogen-bond donors (Lipinski definition) is 2. The van der Waals surface area contributed by atoms with E-state index >= 15 is 0 Å². The smallest absolute Gasteiger partial charge is 0.414 e. The summed E-state index contributed by atoms with van der Waals surface area (Å²) in [6.45, 7) is 3.80. The summed E-state index contributed by atoms with van der Waals surface area (Å²) in [7, 11) is 0. The van der Waals surface area contributed by atoms with Crippen molar-refractivity contribution in [2.24, 2.45) is 0 Å². The Balaban J connectivity index is 0.000000385. The lowest BCUT2D eigenvalue weighted by atomic mass is 9.84. The molecule has 3 aromatic rings. The Morgan fingerprint density at radius 3 is 2.39 bits per heavy atom. The van der Waals surface area contributed by atoms with Crippen molar-refractivity contribution in [3.63, 3.8) is 0 Å². The molecule has 1 saturated heterocycles. The summed E-state index contributed by atoms with van der Waals surface area (Å²) in [4.78, 5) is 22.6. The second-order valence-electron chi connectivity index (χ2n) is 8.97. The van der Waals surface area contributed by atoms with E-state index in [4.69, 9.17) is 19.8 Å². The number of rotatable bonds is 4. The Morgan fingerprint density at radius 2 is 1.64 bits per heavy atom. The first-order chi connectivity index (χ1) is 16.0. The maximum Gasteiger partial charge on any atom is 0.414 e. The number of thiophene rings is 1. The number of carbonyl (C=O) groups is 2. The highest BCUT2D eigenvalue weighted by atomic mass is 32.1. The highest BCUT2D eigenvalue weighted by molar-refractivity contribution is 7.10. The van der Waals surface area contributed by atoms with E-state index < -0.39 is 11.9 Å². The van der Waals surface area contributed by atoms with Crippen molar-refractivity contribution in [1.82, 2.24) is 4.90 Å². The Bertz CT molecular complexity index is 1080. The lowest BCUT2D eigenvalue weighted by molar-refractivity contribution is -0.159. The topological polar surface area (TPSA) is 77.8 Å². The lowest BCUT2D eigenvalue weighted by Gasteiger charge is -2.34. The van der Waals surface area contributed by atoms with Crippen LogP contribution < -0.4 is 0 Å². The molecule has 0 saturated carbocycles. The number of carboxylic acid groups (broad SMARTS) is 2. The average molecular weight is 466 g/mol. The minimum absolute atomic E-state index is 0.727. The minimum atomic E-state index is -1.82. The van der Waals surface area contributed by atoms with Crippen molar-refractivity contribution in [1.29, 1.82) is 0 Å². The van der Waals surface area contributed by atoms with E-state index in [9.17, 15) is 0 Å². The van der Waals surface area contributed by atoms with E-state index in [0.717, 1.165) is 11.8 Å². The highest BCUT2D eigenvalue weighted by Gasteiger charge is 2.25. The Labute approximate surface area is 198 Å². The van der Waals surface area contributed by atoms with Gasteiger partial charge in [-0.1, -0.05) is 42.5 Å². The number of benzene rings is 2. The van der Waals surface area contributed by atoms with Gasteiger partial charge in [-0.3, -0.25) is 0 Å². The first-order valence-electron chi connectivity index (χ1n) is 11.8. The first kappa shape index (κ1) is 23.5. The van der Waals surface area contributed by atoms with Crippen molar-refractivity contribution in [2.45, 2.75) is 50.4 Å². The molecule has 5 nitrogen and oxygen atoms in total. The van der Waals surface area contributed by atoms with Gasteiger partial charge < -0.3 is 15.1 Å². The largest absolute Gasteiger partial charge is 0.473 e. The predicted molar refractivity (Wildman–Crippen MR) is 132 cm³/mol. The van der Waals surface area contributed by atoms with Gasteiger partial charge in [0.2, 0.25) is 0 Å². The molecule has 0 spiro atoms. The molecule has 6 heteroatoms. The molecule has 1 aliphatic heterocycles. The standard InChI is InChI=1S/C25H29NS.C2H2O4/c1-2-8-22-19(5-1)6-3-9-23(22)21-12-16-26(17-13-21)15-11-20-7-4-10-25-24(20)14-18-27-25;3-1(4)2(5)6/h1-3,5-6,8-9,14,18,20-21H,4,7,10-13,15-17H2;(H,3,4)(H,5,6). The van der Waals surface area contributed by atoms with Gasteiger partial charge in [0, 0.05) is 4.88 Å². The van der Waals surface area contributed by atoms with Crippen LogP contribution >= 0.6 is 11.3 Å². The molecule has 174 valence electrons. The molecule has 2 heterocycles. The quantitative estimate of drug-likeness (QED) is 0.480. The molecule has 2 aromatic carbocycles. The van der Waals surface area contributed by atoms with Gasteiger partial charge in [0.25, 0.3) is 0 Å². The summed E-state index contributed by atoms with van der Waals surface area (Å²) < 4.78 is 0. The Kier molecular flexibility index (Phi) is 7.78. The van der Waals surface area contributed by atoms with Gasteiger partial charge in [0.1, 0.15) is 0 Å². The van der Waals surface area contributed by atoms with Gasteiger partial charge in [0.15, 0.2) is 0 Å². The molecule has 2 aliphatic rings. The van der Waals surface area contributed by atoms with Gasteiger partial charge in [-0.15, -0.1) is 11.3 Å². The highest BCUT2D eigenvalue weighted by Crippen LogP contribution is 2.38. The van der Waals surface area contributed by atoms with Gasteiger partial charge >= 0.3 is 11.9 Å². The fraction of sp³-hybridized carbons (Fsp3) is 0.407. The zero-order valence-corrected chi connectivity index (χ0v) is 19.6. The van der Waals surface area contributed by atoms with Crippen molar-refractivity contribution in [2.75, 3.05) is 19.6 Å². The van der Waals surface area contributed by atoms with Crippen LogP contribution in [-0.4, -0.2) is 46.7 Å². The van der Waals surface area contributed by atoms with Crippen molar-refractivity contribution in [3.05, 3.63) is 69.9 Å². The molecule has 0 radical (unpaired) electrons. The number of carboxylic acids is 2. The van der Waals surface area contributed by atoms with Crippen molar-refractivity contribution < 1.29 is 19.8 Å². The van der Waals surface area contributed by atoms with Crippen LogP contribution in [0.5, 0.6) is 0 Å². The number of piperidine rings is 1. The molecule has 1 atom stereocenters. The summed E-state index contributed by atoms with van der Waals surface area (Å²) in [5.74, 6) is -2.11. The zero-order valence-electron chi connectivity index (χ0n) is 18.8. The van der Waals surface area contributed by atoms with E-state index in [1.807, 2.05) is 11.3 Å². The van der Waals surface area contributed by atoms with Crippen LogP contribution in [0.1, 0.15) is 59.9 Å². The zero-order chi connectivity index (χ0) is 23.2. The molecular formula is C27H31NO4S. The van der Waals surface area contributed by atoms with Crippen molar-refractivity contribution in [3.8, 4) is 0 Å². The van der Waals surface area contributed by atoms with Crippen LogP contribution in [0.4, 0.5) is 0 Å². The Hall–Kier alpha value is -2.70. The summed E-state index contributed by atoms with van der Waals surface area (Å²) in [6, 6.07) is 18.1. The third-order valence-corrected chi connectivity index (χ3v) is 8.00. The van der Waals surface area contributed by atoms with Crippen LogP contribution in [0.2, 0.25) is 0 Å². The van der Waals surface area contributed by atoms with E-state index in [1.54, 1.807) is 16.0 Å². The molecule has 33 heavy (non-hydrogen) atoms. The van der Waals surface area contributed by atoms with Crippen molar-refractivity contribution >= 4 is 34.0 Å². The summed E-state index contributed by atoms with van der Waals surface area (Å²) in [5.41, 5.74) is 3.25. The van der Waals surface area contributed by atoms with Crippen LogP contribution in [0.25, 0.3) is 10.8 Å². The maximum atomic E-state index is 9.10. The summed E-state index contributed by atoms with van der Waals surface area (Å²) in [5, 5.41) is 19.9. The number of aliphatic carboxylic acids is 2. The summed E-state index contributed by atoms with van der Waals surface area (Å²) >= 11 is 1.98. The van der Waals surface area contributed by atoms with Gasteiger partial charge in [-0.2, -0.15) is 0 Å². The van der Waals surface area contributed by atoms with E-state index in [-0.39, 0.29) is 0 Å². The summed E-state index contributed by atoms with van der Waals surface area (Å²) in [6.07, 6.45) is 8.07. The van der Waals surface area contributed by atoms with Gasteiger partial charge in [0.05, 0.1) is 0 Å². The molecule has 1 fully saturated rings. The predicted octanol–water partition coefficient (Wildman–Crippen LogP) is 5.75. The van der Waals surface area contributed by atoms with E-state index in [1.165, 1.54) is 68.9 Å². The second kappa shape index (κ2) is 10.9. The van der Waals surface area contributed by atoms with Gasteiger partial charge in [-0.25, -0.2) is 9.59 Å². The van der Waals surface area contributed by atoms with Gasteiger partial charge in [-0.05, 0) is 103 Å². The lowest BCUT2D eigenvalue weighted by Crippen LogP contribution is -2.34. The second-order valence-corrected chi connectivity index (χ2v) is 9.97. The first-order valence-corrected chi connectivity index (χ1v) is 12.6. The van der Waals surface area contributed by atoms with Crippen LogP contribution in [-0.2, 0) is 16.0 Å². The number of aryl methyl sites for hydroxylation is 1. The molecule has 2 N–H and O–H groups in total. The van der Waals surface area contributed by atoms with E-state index in [0.29, 0.717) is 0 Å². The van der Waals surface area contributed by atoms with E-state index in [2.05, 4.69) is 58.8 Å². The molecule has 0 amide bonds. The van der Waals surface area contributed by atoms with Crippen LogP contribution in [0, 0.1) is 0 Å². The third-order valence-electron chi connectivity index (χ3n) is 7.00. The third kappa shape index (κ3) is 5.81. The molecule has 1 aliphatic carbocycles. The molecular weight excluding hydrogens is 434 g/mol. The fourth-order valence-electron chi connectivity index (χ4n) is 5.29. The Morgan fingerprint density at radius 1 is 0.909 bits per heavy atom. The fourth-order valence-corrected chi connectivity index (χ4v) is 6.31. The minimum Gasteiger partial charge on any atom is -0.473 e. The average Bonchev–Trinajstić information content (AvgIpc) is 3.33. The monoisotopic (exact) mass is 465 g/mol. The SMILES string of the molecule is O=C(O)C(=O)O.c1ccc2c(C3CCN(CCC4CCCc5sccc54)CC3)cccc2c1. The number of fused-ring (bicyclic) bond motifs is 2. The number of likely N-dealkylation sites (tertiary alicyclic amines) is 1. The van der Waals surface area contributed by atoms with Crippen LogP contribution in [0.3, 0.4) is 0 Å². The number of hydrogen-bond acceptors (Lipinski definition) is 4. The van der Waals surface area contributed by atoms with Crippen LogP contribution in [0.15, 0.2) is 53.9 Å². The molecule has 0 bridgehead atoms. The maximum absolute atomic E-state index is 9.10. The number of nitrogens with zero attached hydrogens (tertiary/aromatic N) is 1. The normalized spacial score (nSPS) is 18.8. The molecule has 5 rings (SSSR count).